The summed E-state index contributed by atoms with van der Waals surface area (Å²) in [5.74, 6) is 2.41. The molecule has 0 N–H and O–H groups in total. The predicted octanol–water partition coefficient (Wildman–Crippen LogP) is 3.73. The first kappa shape index (κ1) is 20.2. The Morgan fingerprint density at radius 1 is 1.17 bits per heavy atom. The van der Waals surface area contributed by atoms with E-state index in [1.807, 2.05) is 6.08 Å². The summed E-state index contributed by atoms with van der Waals surface area (Å²) >= 11 is 0. The lowest BCUT2D eigenvalue weighted by Crippen LogP contribution is -2.56. The number of hydrogen-bond acceptors (Lipinski definition) is 5. The van der Waals surface area contributed by atoms with E-state index in [9.17, 15) is 13.2 Å². The van der Waals surface area contributed by atoms with Crippen molar-refractivity contribution in [2.75, 3.05) is 12.9 Å². The Balaban J connectivity index is 1.52. The monoisotopic (exact) mass is 422 g/mol. The van der Waals surface area contributed by atoms with Gasteiger partial charge < -0.3 is 4.74 Å². The van der Waals surface area contributed by atoms with Crippen LogP contribution in [0.1, 0.15) is 59.3 Å². The van der Waals surface area contributed by atoms with E-state index in [0.717, 1.165) is 24.2 Å². The van der Waals surface area contributed by atoms with Gasteiger partial charge in [-0.25, -0.2) is 0 Å². The summed E-state index contributed by atoms with van der Waals surface area (Å²) in [7, 11) is -3.53. The second-order valence-electron chi connectivity index (χ2n) is 10.8. The van der Waals surface area contributed by atoms with E-state index in [1.54, 1.807) is 0 Å². The van der Waals surface area contributed by atoms with Gasteiger partial charge in [0.2, 0.25) is 0 Å². The van der Waals surface area contributed by atoms with E-state index < -0.39 is 10.1 Å². The lowest BCUT2D eigenvalue weighted by molar-refractivity contribution is -0.121. The van der Waals surface area contributed by atoms with Crippen LogP contribution in [-0.2, 0) is 23.8 Å². The number of rotatable bonds is 4. The Hall–Kier alpha value is -0.720. The minimum atomic E-state index is -3.53. The van der Waals surface area contributed by atoms with Crippen molar-refractivity contribution in [1.82, 2.24) is 0 Å². The van der Waals surface area contributed by atoms with Crippen molar-refractivity contribution in [1.29, 1.82) is 0 Å². The summed E-state index contributed by atoms with van der Waals surface area (Å²) in [4.78, 5) is 12.5. The van der Waals surface area contributed by atoms with Crippen LogP contribution in [-0.4, -0.2) is 39.3 Å². The highest BCUT2D eigenvalue weighted by molar-refractivity contribution is 7.85. The number of fused-ring (bicyclic) bond motifs is 8. The fourth-order valence-corrected chi connectivity index (χ4v) is 8.63. The summed E-state index contributed by atoms with van der Waals surface area (Å²) in [5, 5.41) is 0. The second-order valence-corrected chi connectivity index (χ2v) is 12.4. The van der Waals surface area contributed by atoms with Gasteiger partial charge >= 0.3 is 0 Å². The van der Waals surface area contributed by atoms with Crippen LogP contribution in [0.15, 0.2) is 11.6 Å². The molecule has 5 nitrogen and oxygen atoms in total. The van der Waals surface area contributed by atoms with Gasteiger partial charge in [0.05, 0.1) is 19.0 Å². The molecule has 4 aliphatic carbocycles. The van der Waals surface area contributed by atoms with E-state index in [0.29, 0.717) is 29.6 Å². The summed E-state index contributed by atoms with van der Waals surface area (Å²) in [6.07, 6.45) is 9.81. The van der Waals surface area contributed by atoms with Crippen molar-refractivity contribution < 1.29 is 22.1 Å². The molecule has 1 heterocycles. The third kappa shape index (κ3) is 2.85. The van der Waals surface area contributed by atoms with Gasteiger partial charge in [0, 0.05) is 17.8 Å². The van der Waals surface area contributed by atoms with Crippen molar-refractivity contribution in [3.05, 3.63) is 11.6 Å². The highest BCUT2D eigenvalue weighted by Crippen LogP contribution is 2.71. The van der Waals surface area contributed by atoms with Crippen molar-refractivity contribution in [3.63, 3.8) is 0 Å². The smallest absolute Gasteiger partial charge is 0.264 e. The molecule has 0 amide bonds. The van der Waals surface area contributed by atoms with E-state index >= 15 is 0 Å². The average Bonchev–Trinajstić information content (AvgIpc) is 3.35. The molecule has 0 aromatic heterocycles. The highest BCUT2D eigenvalue weighted by atomic mass is 32.2. The molecule has 1 saturated heterocycles. The first-order chi connectivity index (χ1) is 13.6. The topological polar surface area (TPSA) is 73.0 Å². The number of carbonyl (C=O) groups excluding carboxylic acids is 1. The van der Waals surface area contributed by atoms with Gasteiger partial charge in [-0.3, -0.25) is 8.98 Å². The summed E-state index contributed by atoms with van der Waals surface area (Å²) in [5.41, 5.74) is 1.30. The molecular formula is C23H34O5S. The molecule has 9 atom stereocenters. The Morgan fingerprint density at radius 2 is 1.93 bits per heavy atom. The van der Waals surface area contributed by atoms with Gasteiger partial charge in [0.25, 0.3) is 10.1 Å². The number of hydrogen-bond donors (Lipinski definition) is 0. The Morgan fingerprint density at radius 3 is 2.62 bits per heavy atom. The Kier molecular flexibility index (Phi) is 4.45. The first-order valence-corrected chi connectivity index (χ1v) is 13.2. The molecule has 3 unspecified atom stereocenters. The Labute approximate surface area is 174 Å². The van der Waals surface area contributed by atoms with Crippen LogP contribution in [0.4, 0.5) is 0 Å². The minimum Gasteiger partial charge on any atom is -0.365 e. The van der Waals surface area contributed by atoms with Gasteiger partial charge in [0.1, 0.15) is 6.10 Å². The van der Waals surface area contributed by atoms with E-state index in [1.165, 1.54) is 25.7 Å². The van der Waals surface area contributed by atoms with E-state index in [2.05, 4.69) is 20.8 Å². The molecule has 0 bridgehead atoms. The molecule has 0 radical (unpaired) electrons. The average molecular weight is 423 g/mol. The second kappa shape index (κ2) is 6.39. The van der Waals surface area contributed by atoms with Crippen molar-refractivity contribution in [3.8, 4) is 0 Å². The van der Waals surface area contributed by atoms with Crippen LogP contribution in [0.5, 0.6) is 0 Å². The number of ketones is 1. The maximum atomic E-state index is 12.5. The van der Waals surface area contributed by atoms with Crippen LogP contribution in [0.2, 0.25) is 0 Å². The summed E-state index contributed by atoms with van der Waals surface area (Å²) < 4.78 is 34.9. The van der Waals surface area contributed by atoms with Gasteiger partial charge in [-0.2, -0.15) is 8.42 Å². The molecule has 0 aromatic carbocycles. The van der Waals surface area contributed by atoms with Crippen LogP contribution in [0.25, 0.3) is 0 Å². The molecule has 6 heteroatoms. The largest absolute Gasteiger partial charge is 0.365 e. The van der Waals surface area contributed by atoms with Crippen molar-refractivity contribution in [2.24, 2.45) is 40.4 Å². The molecule has 3 saturated carbocycles. The number of ether oxygens (including phenoxy) is 1. The molecule has 0 aromatic rings. The highest BCUT2D eigenvalue weighted by Gasteiger charge is 2.70. The molecule has 5 aliphatic rings. The zero-order chi connectivity index (χ0) is 20.8. The van der Waals surface area contributed by atoms with Crippen molar-refractivity contribution in [2.45, 2.75) is 71.5 Å². The third-order valence-electron chi connectivity index (χ3n) is 9.72. The molecule has 29 heavy (non-hydrogen) atoms. The number of carbonyl (C=O) groups is 1. The minimum absolute atomic E-state index is 0.0502. The van der Waals surface area contributed by atoms with Gasteiger partial charge in [0.15, 0.2) is 5.78 Å². The van der Waals surface area contributed by atoms with Crippen LogP contribution in [0.3, 0.4) is 0 Å². The fourth-order valence-electron chi connectivity index (χ4n) is 8.22. The van der Waals surface area contributed by atoms with Crippen LogP contribution >= 0.6 is 0 Å². The molecule has 4 fully saturated rings. The molecule has 162 valence electrons. The molecular weight excluding hydrogens is 388 g/mol. The molecule has 5 rings (SSSR count). The van der Waals surface area contributed by atoms with E-state index in [-0.39, 0.29) is 35.9 Å². The quantitative estimate of drug-likeness (QED) is 0.510. The normalized spacial score (nSPS) is 50.8. The van der Waals surface area contributed by atoms with Crippen LogP contribution in [0, 0.1) is 40.4 Å². The summed E-state index contributed by atoms with van der Waals surface area (Å²) in [6.45, 7) is 7.20. The fraction of sp³-hybridized carbons (Fsp3) is 0.870. The maximum absolute atomic E-state index is 12.5. The van der Waals surface area contributed by atoms with E-state index in [4.69, 9.17) is 8.92 Å². The standard InChI is InChI=1S/C23H34O5S/c1-5-13-6-7-16-19-17(8-9-22(13,16)2)23(3)14(12-27-29(4,25)26)10-15(24)11-18(23)20-21(19)28-20/h11,13-14,16-17,19-21H,5-10,12H2,1-4H3/t13-,14?,16-,17-,19-,20?,21?,22+,23+/m0/s1. The van der Waals surface area contributed by atoms with Gasteiger partial charge in [-0.1, -0.05) is 27.2 Å². The first-order valence-electron chi connectivity index (χ1n) is 11.3. The number of epoxide rings is 1. The third-order valence-corrected chi connectivity index (χ3v) is 10.3. The molecule has 1 aliphatic heterocycles. The zero-order valence-corrected chi connectivity index (χ0v) is 18.8. The lowest BCUT2D eigenvalue weighted by atomic mass is 9.45. The Bertz CT molecular complexity index is 862. The SMILES string of the molecule is CC[C@H]1CC[C@H]2[C@@H]3C4OC4C4=CC(=O)CC(COS(C)(=O)=O)[C@]4(C)[C@H]3CC[C@]12C. The maximum Gasteiger partial charge on any atom is 0.264 e. The predicted molar refractivity (Wildman–Crippen MR) is 110 cm³/mol. The van der Waals surface area contributed by atoms with Gasteiger partial charge in [-0.05, 0) is 66.4 Å². The zero-order valence-electron chi connectivity index (χ0n) is 18.0. The lowest BCUT2D eigenvalue weighted by Gasteiger charge is -2.58. The van der Waals surface area contributed by atoms with Gasteiger partial charge in [-0.15, -0.1) is 0 Å². The summed E-state index contributed by atoms with van der Waals surface area (Å²) in [6, 6.07) is 0. The van der Waals surface area contributed by atoms with Crippen molar-refractivity contribution >= 4 is 15.9 Å². The van der Waals surface area contributed by atoms with Crippen LogP contribution < -0.4 is 0 Å². The molecule has 0 spiro atoms.